The summed E-state index contributed by atoms with van der Waals surface area (Å²) >= 11 is 0. The normalized spacial score (nSPS) is 19.3. The van der Waals surface area contributed by atoms with Crippen LogP contribution in [0.15, 0.2) is 0 Å². The summed E-state index contributed by atoms with van der Waals surface area (Å²) in [7, 11) is 0. The lowest BCUT2D eigenvalue weighted by atomic mass is 9.84. The van der Waals surface area contributed by atoms with Gasteiger partial charge in [0.1, 0.15) is 0 Å². The van der Waals surface area contributed by atoms with Crippen molar-refractivity contribution in [3.8, 4) is 0 Å². The molecule has 0 aromatic carbocycles. The van der Waals surface area contributed by atoms with Crippen molar-refractivity contribution >= 4 is 11.9 Å². The largest absolute Gasteiger partial charge is 0.481 e. The van der Waals surface area contributed by atoms with E-state index >= 15 is 0 Å². The van der Waals surface area contributed by atoms with Crippen molar-refractivity contribution in [2.45, 2.75) is 46.1 Å². The van der Waals surface area contributed by atoms with Crippen LogP contribution >= 0.6 is 0 Å². The molecule has 0 aromatic heterocycles. The molecule has 104 valence electrons. The number of nitrogens with one attached hydrogen (secondary N) is 1. The Bertz CT molecular complexity index is 303. The average molecular weight is 257 g/mol. The number of carbonyl (C=O) groups is 2. The molecule has 2 N–H and O–H groups in total. The van der Waals surface area contributed by atoms with Crippen LogP contribution in [-0.2, 0) is 14.3 Å². The van der Waals surface area contributed by atoms with Gasteiger partial charge in [-0.2, -0.15) is 0 Å². The van der Waals surface area contributed by atoms with Gasteiger partial charge in [0.25, 0.3) is 0 Å². The molecule has 0 spiro atoms. The Morgan fingerprint density at radius 3 is 2.33 bits per heavy atom. The molecule has 5 heteroatoms. The quantitative estimate of drug-likeness (QED) is 0.798. The highest BCUT2D eigenvalue weighted by Crippen LogP contribution is 2.23. The first-order valence-electron chi connectivity index (χ1n) is 6.40. The Morgan fingerprint density at radius 2 is 1.89 bits per heavy atom. The third-order valence-electron chi connectivity index (χ3n) is 3.33. The predicted octanol–water partition coefficient (Wildman–Crippen LogP) is 1.42. The van der Waals surface area contributed by atoms with Gasteiger partial charge in [-0.3, -0.25) is 9.59 Å². The van der Waals surface area contributed by atoms with Gasteiger partial charge in [-0.15, -0.1) is 0 Å². The molecule has 0 bridgehead atoms. The van der Waals surface area contributed by atoms with Gasteiger partial charge in [0, 0.05) is 25.2 Å². The van der Waals surface area contributed by atoms with E-state index < -0.39 is 5.97 Å². The summed E-state index contributed by atoms with van der Waals surface area (Å²) in [6.45, 7) is 7.02. The van der Waals surface area contributed by atoms with Crippen LogP contribution in [0, 0.1) is 11.3 Å². The highest BCUT2D eigenvalue weighted by molar-refractivity contribution is 5.80. The fraction of sp³-hybridized carbons (Fsp3) is 0.846. The van der Waals surface area contributed by atoms with Crippen LogP contribution in [0.3, 0.4) is 0 Å². The second kappa shape index (κ2) is 6.18. The first-order valence-corrected chi connectivity index (χ1v) is 6.40. The van der Waals surface area contributed by atoms with Gasteiger partial charge in [0.2, 0.25) is 5.91 Å². The highest BCUT2D eigenvalue weighted by atomic mass is 16.5. The summed E-state index contributed by atoms with van der Waals surface area (Å²) in [5.74, 6) is -0.973. The van der Waals surface area contributed by atoms with Crippen LogP contribution in [0.25, 0.3) is 0 Å². The zero-order valence-electron chi connectivity index (χ0n) is 11.4. The van der Waals surface area contributed by atoms with E-state index in [0.717, 1.165) is 12.8 Å². The molecule has 1 fully saturated rings. The minimum Gasteiger partial charge on any atom is -0.481 e. The van der Waals surface area contributed by atoms with Gasteiger partial charge in [0.15, 0.2) is 0 Å². The van der Waals surface area contributed by atoms with E-state index in [1.54, 1.807) is 0 Å². The number of rotatable bonds is 4. The van der Waals surface area contributed by atoms with Crippen molar-refractivity contribution in [1.29, 1.82) is 0 Å². The van der Waals surface area contributed by atoms with Gasteiger partial charge in [-0.1, -0.05) is 20.8 Å². The lowest BCUT2D eigenvalue weighted by Crippen LogP contribution is -2.47. The Hall–Kier alpha value is -1.10. The minimum absolute atomic E-state index is 0.0422. The number of ether oxygens (including phenoxy) is 1. The molecule has 1 rings (SSSR count). The molecule has 1 amide bonds. The molecule has 1 aliphatic rings. The van der Waals surface area contributed by atoms with Crippen molar-refractivity contribution in [1.82, 2.24) is 5.32 Å². The van der Waals surface area contributed by atoms with Crippen LogP contribution in [-0.4, -0.2) is 36.2 Å². The van der Waals surface area contributed by atoms with E-state index in [0.29, 0.717) is 13.2 Å². The molecule has 0 aliphatic carbocycles. The number of carboxylic acids is 1. The standard InChI is InChI=1S/C13H23NO4/c1-13(2,3)10(8-11(15)16)14-12(17)9-4-6-18-7-5-9/h9-10H,4-8H2,1-3H3,(H,14,17)(H,15,16). The van der Waals surface area contributed by atoms with E-state index in [-0.39, 0.29) is 29.7 Å². The summed E-state index contributed by atoms with van der Waals surface area (Å²) in [4.78, 5) is 22.9. The van der Waals surface area contributed by atoms with E-state index in [1.807, 2.05) is 20.8 Å². The van der Waals surface area contributed by atoms with Crippen LogP contribution in [0.1, 0.15) is 40.0 Å². The maximum atomic E-state index is 12.1. The first kappa shape index (κ1) is 15.0. The van der Waals surface area contributed by atoms with Crippen LogP contribution in [0.2, 0.25) is 0 Å². The maximum absolute atomic E-state index is 12.1. The van der Waals surface area contributed by atoms with Crippen LogP contribution < -0.4 is 5.32 Å². The van der Waals surface area contributed by atoms with Crippen molar-refractivity contribution in [3.63, 3.8) is 0 Å². The number of aliphatic carboxylic acids is 1. The molecular weight excluding hydrogens is 234 g/mol. The summed E-state index contributed by atoms with van der Waals surface area (Å²) in [6, 6.07) is -0.342. The Labute approximate surface area is 108 Å². The number of hydrogen-bond donors (Lipinski definition) is 2. The van der Waals surface area contributed by atoms with Crippen molar-refractivity contribution in [2.24, 2.45) is 11.3 Å². The smallest absolute Gasteiger partial charge is 0.305 e. The third-order valence-corrected chi connectivity index (χ3v) is 3.33. The molecule has 1 atom stereocenters. The second-order valence-electron chi connectivity index (χ2n) is 5.91. The maximum Gasteiger partial charge on any atom is 0.305 e. The minimum atomic E-state index is -0.887. The summed E-state index contributed by atoms with van der Waals surface area (Å²) in [5, 5.41) is 11.8. The summed E-state index contributed by atoms with van der Waals surface area (Å²) in [6.07, 6.45) is 1.39. The second-order valence-corrected chi connectivity index (χ2v) is 5.91. The summed E-state index contributed by atoms with van der Waals surface area (Å²) < 4.78 is 5.21. The number of amides is 1. The Kier molecular flexibility index (Phi) is 5.14. The molecule has 1 unspecified atom stereocenters. The summed E-state index contributed by atoms with van der Waals surface area (Å²) in [5.41, 5.74) is -0.265. The highest BCUT2D eigenvalue weighted by Gasteiger charge is 2.31. The third kappa shape index (κ3) is 4.64. The number of carboxylic acid groups (broad SMARTS) is 1. The Balaban J connectivity index is 2.59. The molecule has 18 heavy (non-hydrogen) atoms. The van der Waals surface area contributed by atoms with Gasteiger partial charge < -0.3 is 15.2 Å². The lowest BCUT2D eigenvalue weighted by Gasteiger charge is -2.32. The average Bonchev–Trinajstić information content (AvgIpc) is 2.27. The van der Waals surface area contributed by atoms with E-state index in [4.69, 9.17) is 9.84 Å². The SMILES string of the molecule is CC(C)(C)C(CC(=O)O)NC(=O)C1CCOCC1. The lowest BCUT2D eigenvalue weighted by molar-refractivity contribution is -0.139. The molecule has 1 heterocycles. The molecule has 0 radical (unpaired) electrons. The van der Waals surface area contributed by atoms with Gasteiger partial charge in [0.05, 0.1) is 6.42 Å². The van der Waals surface area contributed by atoms with Crippen LogP contribution in [0.4, 0.5) is 0 Å². The fourth-order valence-corrected chi connectivity index (χ4v) is 2.00. The molecule has 0 saturated carbocycles. The molecule has 0 aromatic rings. The number of carbonyl (C=O) groups excluding carboxylic acids is 1. The van der Waals surface area contributed by atoms with Gasteiger partial charge in [-0.25, -0.2) is 0 Å². The van der Waals surface area contributed by atoms with Crippen molar-refractivity contribution in [2.75, 3.05) is 13.2 Å². The van der Waals surface area contributed by atoms with Gasteiger partial charge >= 0.3 is 5.97 Å². The predicted molar refractivity (Wildman–Crippen MR) is 67.2 cm³/mol. The first-order chi connectivity index (χ1) is 8.30. The van der Waals surface area contributed by atoms with Crippen molar-refractivity contribution < 1.29 is 19.4 Å². The van der Waals surface area contributed by atoms with Crippen molar-refractivity contribution in [3.05, 3.63) is 0 Å². The van der Waals surface area contributed by atoms with Crippen LogP contribution in [0.5, 0.6) is 0 Å². The molecule has 1 aliphatic heterocycles. The number of hydrogen-bond acceptors (Lipinski definition) is 3. The fourth-order valence-electron chi connectivity index (χ4n) is 2.00. The van der Waals surface area contributed by atoms with E-state index in [2.05, 4.69) is 5.32 Å². The molecule has 5 nitrogen and oxygen atoms in total. The van der Waals surface area contributed by atoms with Gasteiger partial charge in [-0.05, 0) is 18.3 Å². The zero-order valence-corrected chi connectivity index (χ0v) is 11.4. The zero-order chi connectivity index (χ0) is 13.8. The Morgan fingerprint density at radius 1 is 1.33 bits per heavy atom. The van der Waals surface area contributed by atoms with E-state index in [9.17, 15) is 9.59 Å². The topological polar surface area (TPSA) is 75.6 Å². The molecular formula is C13H23NO4. The monoisotopic (exact) mass is 257 g/mol. The molecule has 1 saturated heterocycles. The van der Waals surface area contributed by atoms with E-state index in [1.165, 1.54) is 0 Å².